The molecule has 2 N–H and O–H groups in total. The van der Waals surface area contributed by atoms with Crippen molar-refractivity contribution in [3.8, 4) is 5.75 Å². The number of anilines is 1. The normalized spacial score (nSPS) is 10.8. The zero-order valence-corrected chi connectivity index (χ0v) is 12.0. The van der Waals surface area contributed by atoms with Crippen molar-refractivity contribution in [3.05, 3.63) is 46.7 Å². The van der Waals surface area contributed by atoms with E-state index in [4.69, 9.17) is 10.5 Å². The van der Waals surface area contributed by atoms with Crippen LogP contribution in [0.2, 0.25) is 0 Å². The summed E-state index contributed by atoms with van der Waals surface area (Å²) in [6.45, 7) is 2.61. The SMILES string of the molecule is CN(CCOc1ccccc1N)CCc1cccs1. The summed E-state index contributed by atoms with van der Waals surface area (Å²) < 4.78 is 5.68. The summed E-state index contributed by atoms with van der Waals surface area (Å²) in [5.74, 6) is 0.772. The standard InChI is InChI=1S/C15H20N2OS/c1-17(9-8-13-5-4-12-19-13)10-11-18-15-7-3-2-6-14(15)16/h2-7,12H,8-11,16H2,1H3. The molecule has 0 radical (unpaired) electrons. The summed E-state index contributed by atoms with van der Waals surface area (Å²) in [4.78, 5) is 3.71. The fourth-order valence-corrected chi connectivity index (χ4v) is 2.49. The second kappa shape index (κ2) is 7.16. The second-order valence-corrected chi connectivity index (χ2v) is 5.55. The van der Waals surface area contributed by atoms with Gasteiger partial charge in [-0.25, -0.2) is 0 Å². The summed E-state index contributed by atoms with van der Waals surface area (Å²) in [7, 11) is 2.12. The van der Waals surface area contributed by atoms with Gasteiger partial charge in [-0.1, -0.05) is 18.2 Å². The topological polar surface area (TPSA) is 38.5 Å². The minimum Gasteiger partial charge on any atom is -0.490 e. The van der Waals surface area contributed by atoms with E-state index >= 15 is 0 Å². The van der Waals surface area contributed by atoms with Crippen molar-refractivity contribution in [3.63, 3.8) is 0 Å². The van der Waals surface area contributed by atoms with E-state index in [0.717, 1.165) is 25.3 Å². The van der Waals surface area contributed by atoms with Gasteiger partial charge in [0.25, 0.3) is 0 Å². The van der Waals surface area contributed by atoms with E-state index in [1.165, 1.54) is 4.88 Å². The van der Waals surface area contributed by atoms with Gasteiger partial charge in [0.1, 0.15) is 12.4 Å². The Hall–Kier alpha value is -1.52. The number of likely N-dealkylation sites (N-methyl/N-ethyl adjacent to an activating group) is 1. The lowest BCUT2D eigenvalue weighted by molar-refractivity contribution is 0.240. The predicted molar refractivity (Wildman–Crippen MR) is 81.9 cm³/mol. The average molecular weight is 276 g/mol. The molecule has 1 aromatic heterocycles. The van der Waals surface area contributed by atoms with Gasteiger partial charge in [0.2, 0.25) is 0 Å². The number of nitrogens with two attached hydrogens (primary N) is 1. The molecule has 0 unspecified atom stereocenters. The van der Waals surface area contributed by atoms with Crippen molar-refractivity contribution in [2.45, 2.75) is 6.42 Å². The molecule has 0 spiro atoms. The van der Waals surface area contributed by atoms with Crippen molar-refractivity contribution in [1.29, 1.82) is 0 Å². The van der Waals surface area contributed by atoms with Gasteiger partial charge in [0.05, 0.1) is 5.69 Å². The molecule has 4 heteroatoms. The molecule has 0 amide bonds. The summed E-state index contributed by atoms with van der Waals surface area (Å²) >= 11 is 1.81. The summed E-state index contributed by atoms with van der Waals surface area (Å²) in [6, 6.07) is 11.9. The van der Waals surface area contributed by atoms with Crippen LogP contribution in [0.25, 0.3) is 0 Å². The first-order chi connectivity index (χ1) is 9.25. The highest BCUT2D eigenvalue weighted by atomic mass is 32.1. The number of hydrogen-bond donors (Lipinski definition) is 1. The number of hydrogen-bond acceptors (Lipinski definition) is 4. The van der Waals surface area contributed by atoms with Gasteiger partial charge in [-0.2, -0.15) is 0 Å². The second-order valence-electron chi connectivity index (χ2n) is 4.52. The monoisotopic (exact) mass is 276 g/mol. The zero-order valence-electron chi connectivity index (χ0n) is 11.2. The van der Waals surface area contributed by atoms with Crippen LogP contribution in [-0.2, 0) is 6.42 Å². The number of benzene rings is 1. The van der Waals surface area contributed by atoms with Gasteiger partial charge in [-0.3, -0.25) is 0 Å². The fraction of sp³-hybridized carbons (Fsp3) is 0.333. The molecule has 0 aliphatic heterocycles. The molecular weight excluding hydrogens is 256 g/mol. The molecule has 1 aromatic carbocycles. The molecule has 2 aromatic rings. The van der Waals surface area contributed by atoms with Crippen LogP contribution in [0.3, 0.4) is 0 Å². The smallest absolute Gasteiger partial charge is 0.142 e. The molecule has 0 saturated carbocycles. The molecule has 0 fully saturated rings. The number of rotatable bonds is 7. The van der Waals surface area contributed by atoms with Crippen LogP contribution in [0.1, 0.15) is 4.88 Å². The molecule has 0 aliphatic carbocycles. The molecule has 1 heterocycles. The van der Waals surface area contributed by atoms with Crippen LogP contribution >= 0.6 is 11.3 Å². The highest BCUT2D eigenvalue weighted by molar-refractivity contribution is 7.09. The summed E-state index contributed by atoms with van der Waals surface area (Å²) in [5.41, 5.74) is 6.52. The summed E-state index contributed by atoms with van der Waals surface area (Å²) in [5, 5.41) is 2.12. The lowest BCUT2D eigenvalue weighted by Gasteiger charge is -2.17. The van der Waals surface area contributed by atoms with Gasteiger partial charge >= 0.3 is 0 Å². The lowest BCUT2D eigenvalue weighted by Crippen LogP contribution is -2.26. The van der Waals surface area contributed by atoms with Crippen molar-refractivity contribution in [2.24, 2.45) is 0 Å². The predicted octanol–water partition coefficient (Wildman–Crippen LogP) is 2.88. The molecule has 0 bridgehead atoms. The Morgan fingerprint density at radius 2 is 2.00 bits per heavy atom. The molecule has 2 rings (SSSR count). The fourth-order valence-electron chi connectivity index (χ4n) is 1.79. The van der Waals surface area contributed by atoms with Gasteiger partial charge in [0, 0.05) is 18.0 Å². The number of thiophene rings is 1. The molecule has 102 valence electrons. The van der Waals surface area contributed by atoms with Gasteiger partial charge in [-0.05, 0) is 37.0 Å². The van der Waals surface area contributed by atoms with Gasteiger partial charge < -0.3 is 15.4 Å². The van der Waals surface area contributed by atoms with Crippen molar-refractivity contribution in [1.82, 2.24) is 4.90 Å². The van der Waals surface area contributed by atoms with Crippen LogP contribution < -0.4 is 10.5 Å². The van der Waals surface area contributed by atoms with Crippen LogP contribution in [-0.4, -0.2) is 31.6 Å². The van der Waals surface area contributed by atoms with Crippen LogP contribution in [0, 0.1) is 0 Å². The molecule has 0 atom stereocenters. The summed E-state index contributed by atoms with van der Waals surface area (Å²) in [6.07, 6.45) is 1.10. The minimum absolute atomic E-state index is 0.662. The molecular formula is C15H20N2OS. The maximum absolute atomic E-state index is 5.82. The zero-order chi connectivity index (χ0) is 13.5. The average Bonchev–Trinajstić information content (AvgIpc) is 2.92. The molecule has 0 saturated heterocycles. The third kappa shape index (κ3) is 4.58. The van der Waals surface area contributed by atoms with Crippen molar-refractivity contribution < 1.29 is 4.74 Å². The number of nitrogens with zero attached hydrogens (tertiary/aromatic N) is 1. The first-order valence-electron chi connectivity index (χ1n) is 6.44. The van der Waals surface area contributed by atoms with E-state index < -0.39 is 0 Å². The van der Waals surface area contributed by atoms with E-state index in [9.17, 15) is 0 Å². The Morgan fingerprint density at radius 3 is 2.74 bits per heavy atom. The molecule has 3 nitrogen and oxygen atoms in total. The Bertz CT molecular complexity index is 485. The Morgan fingerprint density at radius 1 is 1.16 bits per heavy atom. The third-order valence-electron chi connectivity index (χ3n) is 2.97. The van der Waals surface area contributed by atoms with E-state index in [2.05, 4.69) is 29.5 Å². The highest BCUT2D eigenvalue weighted by Crippen LogP contribution is 2.19. The van der Waals surface area contributed by atoms with Gasteiger partial charge in [-0.15, -0.1) is 11.3 Å². The number of para-hydroxylation sites is 2. The van der Waals surface area contributed by atoms with Gasteiger partial charge in [0.15, 0.2) is 0 Å². The Labute approximate surface area is 118 Å². The minimum atomic E-state index is 0.662. The van der Waals surface area contributed by atoms with Crippen molar-refractivity contribution >= 4 is 17.0 Å². The van der Waals surface area contributed by atoms with E-state index in [1.807, 2.05) is 35.6 Å². The first kappa shape index (κ1) is 13.9. The van der Waals surface area contributed by atoms with E-state index in [-0.39, 0.29) is 0 Å². The molecule has 0 aliphatic rings. The Kier molecular flexibility index (Phi) is 5.24. The quantitative estimate of drug-likeness (QED) is 0.790. The molecule has 19 heavy (non-hydrogen) atoms. The Balaban J connectivity index is 1.66. The van der Waals surface area contributed by atoms with E-state index in [1.54, 1.807) is 0 Å². The van der Waals surface area contributed by atoms with E-state index in [0.29, 0.717) is 12.3 Å². The van der Waals surface area contributed by atoms with Crippen LogP contribution in [0.4, 0.5) is 5.69 Å². The number of ether oxygens (including phenoxy) is 1. The third-order valence-corrected chi connectivity index (χ3v) is 3.91. The maximum atomic E-state index is 5.82. The maximum Gasteiger partial charge on any atom is 0.142 e. The van der Waals surface area contributed by atoms with Crippen molar-refractivity contribution in [2.75, 3.05) is 32.5 Å². The largest absolute Gasteiger partial charge is 0.490 e. The lowest BCUT2D eigenvalue weighted by atomic mass is 10.3. The van der Waals surface area contributed by atoms with Crippen LogP contribution in [0.15, 0.2) is 41.8 Å². The highest BCUT2D eigenvalue weighted by Gasteiger charge is 2.02. The first-order valence-corrected chi connectivity index (χ1v) is 7.32. The number of nitrogen functional groups attached to an aromatic ring is 1. The van der Waals surface area contributed by atoms with Crippen LogP contribution in [0.5, 0.6) is 5.75 Å².